The number of aromatic nitrogens is 2. The van der Waals surface area contributed by atoms with Gasteiger partial charge in [-0.15, -0.1) is 11.3 Å². The van der Waals surface area contributed by atoms with Gasteiger partial charge in [0.05, 0.1) is 12.8 Å². The van der Waals surface area contributed by atoms with Gasteiger partial charge in [0.2, 0.25) is 0 Å². The van der Waals surface area contributed by atoms with Crippen molar-refractivity contribution in [3.63, 3.8) is 0 Å². The fourth-order valence-electron chi connectivity index (χ4n) is 4.26. The summed E-state index contributed by atoms with van der Waals surface area (Å²) in [4.78, 5) is 19.0. The second-order valence-corrected chi connectivity index (χ2v) is 8.61. The number of likely N-dealkylation sites (N-methyl/N-ethyl adjacent to an activating group) is 1. The van der Waals surface area contributed by atoms with Gasteiger partial charge in [-0.25, -0.2) is 4.68 Å². The Morgan fingerprint density at radius 3 is 2.69 bits per heavy atom. The first-order valence-corrected chi connectivity index (χ1v) is 10.8. The number of ether oxygens (including phenoxy) is 1. The molecular formula is C22H24N4O2S. The molecular weight excluding hydrogens is 384 g/mol. The summed E-state index contributed by atoms with van der Waals surface area (Å²) >= 11 is 1.78. The summed E-state index contributed by atoms with van der Waals surface area (Å²) in [6.45, 7) is 3.29. The maximum absolute atomic E-state index is 13.4. The summed E-state index contributed by atoms with van der Waals surface area (Å²) in [5.41, 5.74) is 4.74. The molecule has 1 fully saturated rings. The van der Waals surface area contributed by atoms with Crippen LogP contribution in [0.15, 0.2) is 35.7 Å². The van der Waals surface area contributed by atoms with Crippen molar-refractivity contribution >= 4 is 17.2 Å². The molecule has 0 saturated carbocycles. The third-order valence-electron chi connectivity index (χ3n) is 5.89. The Balaban J connectivity index is 1.66. The van der Waals surface area contributed by atoms with E-state index >= 15 is 0 Å². The van der Waals surface area contributed by atoms with E-state index in [1.54, 1.807) is 18.4 Å². The Morgan fingerprint density at radius 1 is 1.10 bits per heavy atom. The lowest BCUT2D eigenvalue weighted by molar-refractivity contribution is 0.0656. The molecule has 0 atom stereocenters. The Hall–Kier alpha value is -2.64. The number of piperazine rings is 1. The van der Waals surface area contributed by atoms with E-state index in [4.69, 9.17) is 9.84 Å². The Labute approximate surface area is 174 Å². The zero-order valence-electron chi connectivity index (χ0n) is 16.7. The van der Waals surface area contributed by atoms with Crippen LogP contribution in [0.5, 0.6) is 5.75 Å². The summed E-state index contributed by atoms with van der Waals surface area (Å²) in [6, 6.07) is 10.0. The number of methoxy groups -OCH3 is 1. The van der Waals surface area contributed by atoms with Crippen molar-refractivity contribution < 1.29 is 9.53 Å². The molecule has 7 heteroatoms. The average Bonchev–Trinajstić information content (AvgIpc) is 3.38. The van der Waals surface area contributed by atoms with Crippen molar-refractivity contribution in [3.05, 3.63) is 51.8 Å². The smallest absolute Gasteiger partial charge is 0.274 e. The van der Waals surface area contributed by atoms with E-state index in [-0.39, 0.29) is 5.91 Å². The van der Waals surface area contributed by atoms with Crippen molar-refractivity contribution in [1.82, 2.24) is 19.6 Å². The first-order chi connectivity index (χ1) is 14.2. The van der Waals surface area contributed by atoms with E-state index in [2.05, 4.69) is 23.4 Å². The highest BCUT2D eigenvalue weighted by atomic mass is 32.1. The molecule has 2 aliphatic rings. The number of hydrogen-bond donors (Lipinski definition) is 0. The van der Waals surface area contributed by atoms with Crippen LogP contribution in [0.25, 0.3) is 16.9 Å². The van der Waals surface area contributed by atoms with Crippen LogP contribution >= 0.6 is 11.3 Å². The van der Waals surface area contributed by atoms with Crippen LogP contribution in [0.1, 0.15) is 20.9 Å². The number of rotatable bonds is 3. The second-order valence-electron chi connectivity index (χ2n) is 7.61. The van der Waals surface area contributed by atoms with Crippen LogP contribution in [0.4, 0.5) is 0 Å². The van der Waals surface area contributed by atoms with Crippen molar-refractivity contribution in [1.29, 1.82) is 0 Å². The van der Waals surface area contributed by atoms with Crippen molar-refractivity contribution in [2.24, 2.45) is 0 Å². The Morgan fingerprint density at radius 2 is 1.90 bits per heavy atom. The molecule has 0 spiro atoms. The number of para-hydroxylation sites is 2. The van der Waals surface area contributed by atoms with Crippen LogP contribution in [0.3, 0.4) is 0 Å². The number of benzene rings is 1. The molecule has 0 bridgehead atoms. The summed E-state index contributed by atoms with van der Waals surface area (Å²) in [6.07, 6.45) is 1.80. The van der Waals surface area contributed by atoms with Gasteiger partial charge in [0, 0.05) is 42.2 Å². The predicted octanol–water partition coefficient (Wildman–Crippen LogP) is 3.10. The summed E-state index contributed by atoms with van der Waals surface area (Å²) in [5, 5.41) is 7.01. The minimum atomic E-state index is 0.0432. The normalized spacial score (nSPS) is 16.4. The molecule has 2 aromatic heterocycles. The van der Waals surface area contributed by atoms with Gasteiger partial charge in [-0.1, -0.05) is 12.1 Å². The van der Waals surface area contributed by atoms with E-state index in [9.17, 15) is 4.79 Å². The molecule has 3 aromatic rings. The molecule has 0 radical (unpaired) electrons. The summed E-state index contributed by atoms with van der Waals surface area (Å²) in [5.74, 6) is 0.792. The van der Waals surface area contributed by atoms with E-state index in [1.807, 2.05) is 33.8 Å². The first kappa shape index (κ1) is 18.4. The van der Waals surface area contributed by atoms with E-state index in [0.717, 1.165) is 61.7 Å². The monoisotopic (exact) mass is 408 g/mol. The van der Waals surface area contributed by atoms with Gasteiger partial charge in [-0.2, -0.15) is 5.10 Å². The molecule has 3 heterocycles. The molecule has 1 aliphatic carbocycles. The highest BCUT2D eigenvalue weighted by Crippen LogP contribution is 2.41. The third-order valence-corrected chi connectivity index (χ3v) is 6.87. The summed E-state index contributed by atoms with van der Waals surface area (Å²) < 4.78 is 7.52. The van der Waals surface area contributed by atoms with Crippen molar-refractivity contribution in [2.75, 3.05) is 40.3 Å². The molecule has 6 nitrogen and oxygen atoms in total. The van der Waals surface area contributed by atoms with Crippen LogP contribution in [0.2, 0.25) is 0 Å². The lowest BCUT2D eigenvalue weighted by atomic mass is 9.94. The van der Waals surface area contributed by atoms with Gasteiger partial charge >= 0.3 is 0 Å². The maximum atomic E-state index is 13.4. The highest BCUT2D eigenvalue weighted by Gasteiger charge is 2.32. The van der Waals surface area contributed by atoms with Gasteiger partial charge in [0.15, 0.2) is 5.69 Å². The fraction of sp³-hybridized carbons (Fsp3) is 0.364. The highest BCUT2D eigenvalue weighted by molar-refractivity contribution is 7.10. The Kier molecular flexibility index (Phi) is 4.64. The molecule has 1 aromatic carbocycles. The lowest BCUT2D eigenvalue weighted by Gasteiger charge is -2.32. The average molecular weight is 409 g/mol. The van der Waals surface area contributed by atoms with Crippen LogP contribution in [-0.2, 0) is 12.8 Å². The van der Waals surface area contributed by atoms with Gasteiger partial charge in [0.25, 0.3) is 5.91 Å². The lowest BCUT2D eigenvalue weighted by Crippen LogP contribution is -2.47. The van der Waals surface area contributed by atoms with E-state index in [0.29, 0.717) is 5.69 Å². The maximum Gasteiger partial charge on any atom is 0.274 e. The van der Waals surface area contributed by atoms with Crippen LogP contribution in [-0.4, -0.2) is 65.8 Å². The van der Waals surface area contributed by atoms with Gasteiger partial charge in [0.1, 0.15) is 11.4 Å². The molecule has 0 unspecified atom stereocenters. The van der Waals surface area contributed by atoms with Crippen molar-refractivity contribution in [3.8, 4) is 22.7 Å². The zero-order valence-corrected chi connectivity index (χ0v) is 17.5. The molecule has 29 heavy (non-hydrogen) atoms. The third kappa shape index (κ3) is 3.05. The molecule has 1 saturated heterocycles. The van der Waals surface area contributed by atoms with Gasteiger partial charge in [-0.05, 0) is 43.5 Å². The van der Waals surface area contributed by atoms with Crippen LogP contribution in [0, 0.1) is 0 Å². The fourth-order valence-corrected chi connectivity index (χ4v) is 5.14. The number of aryl methyl sites for hydroxylation is 1. The molecule has 0 N–H and O–H groups in total. The van der Waals surface area contributed by atoms with Crippen molar-refractivity contribution in [2.45, 2.75) is 12.8 Å². The molecule has 150 valence electrons. The van der Waals surface area contributed by atoms with Crippen LogP contribution < -0.4 is 4.74 Å². The topological polar surface area (TPSA) is 50.6 Å². The summed E-state index contributed by atoms with van der Waals surface area (Å²) in [7, 11) is 3.76. The largest absolute Gasteiger partial charge is 0.494 e. The number of hydrogen-bond acceptors (Lipinski definition) is 5. The molecule has 5 rings (SSSR count). The zero-order chi connectivity index (χ0) is 20.0. The SMILES string of the molecule is COc1ccccc1-n1nc(C(=O)N2CCN(C)CC2)c2c1-c1ccsc1CC2. The number of nitrogens with zero attached hydrogens (tertiary/aromatic N) is 4. The first-order valence-electron chi connectivity index (χ1n) is 9.97. The standard InChI is InChI=1S/C22H24N4O2S/c1-24-10-12-25(13-11-24)22(27)20-16-7-8-19-15(9-14-29-19)21(16)26(23-20)17-5-3-4-6-18(17)28-2/h3-6,9,14H,7-8,10-13H2,1-2H3. The Bertz CT molecular complexity index is 1060. The minimum absolute atomic E-state index is 0.0432. The minimum Gasteiger partial charge on any atom is -0.494 e. The number of carbonyl (C=O) groups excluding carboxylic acids is 1. The number of thiophene rings is 1. The number of fused-ring (bicyclic) bond motifs is 3. The molecule has 1 amide bonds. The van der Waals surface area contributed by atoms with E-state index < -0.39 is 0 Å². The second kappa shape index (κ2) is 7.31. The predicted molar refractivity (Wildman–Crippen MR) is 114 cm³/mol. The quantitative estimate of drug-likeness (QED) is 0.668. The number of amides is 1. The van der Waals surface area contributed by atoms with Gasteiger partial charge in [-0.3, -0.25) is 4.79 Å². The number of carbonyl (C=O) groups is 1. The van der Waals surface area contributed by atoms with Gasteiger partial charge < -0.3 is 14.5 Å². The van der Waals surface area contributed by atoms with E-state index in [1.165, 1.54) is 10.4 Å². The molecule has 1 aliphatic heterocycles.